The maximum absolute atomic E-state index is 11.8. The van der Waals surface area contributed by atoms with Crippen LogP contribution in [0.3, 0.4) is 0 Å². The van der Waals surface area contributed by atoms with Gasteiger partial charge in [-0.25, -0.2) is 4.79 Å². The predicted octanol–water partition coefficient (Wildman–Crippen LogP) is 3.19. The van der Waals surface area contributed by atoms with Crippen LogP contribution in [0.25, 0.3) is 5.69 Å². The van der Waals surface area contributed by atoms with Crippen molar-refractivity contribution < 1.29 is 19.4 Å². The Morgan fingerprint density at radius 3 is 2.40 bits per heavy atom. The number of nitrogens with zero attached hydrogens (tertiary/aromatic N) is 2. The summed E-state index contributed by atoms with van der Waals surface area (Å²) in [6.45, 7) is 3.76. The van der Waals surface area contributed by atoms with Crippen molar-refractivity contribution in [1.82, 2.24) is 9.88 Å². The first-order valence-electron chi connectivity index (χ1n) is 9.86. The smallest absolute Gasteiger partial charge is 0.337 e. The van der Waals surface area contributed by atoms with Gasteiger partial charge in [0.05, 0.1) is 30.0 Å². The van der Waals surface area contributed by atoms with Gasteiger partial charge in [0.1, 0.15) is 11.9 Å². The molecular weight excluding hydrogens is 382 g/mol. The van der Waals surface area contributed by atoms with Gasteiger partial charge in [-0.1, -0.05) is 6.07 Å². The number of aromatic carboxylic acids is 1. The molecule has 2 N–H and O–H groups in total. The summed E-state index contributed by atoms with van der Waals surface area (Å²) in [7, 11) is 0. The fraction of sp³-hybridized carbons (Fsp3) is 0.217. The van der Waals surface area contributed by atoms with E-state index in [9.17, 15) is 14.7 Å². The van der Waals surface area contributed by atoms with E-state index in [0.717, 1.165) is 5.69 Å². The first-order valence-corrected chi connectivity index (χ1v) is 9.86. The standard InChI is InChI=1S/C23H23N3O4/c1-2-24-22(27)16-8-10-17(11-9-16)30-18-14-26(15-18)20-7-5-6-19(23(28)29)21(20)25-12-3-4-13-25/h3-13,18H,2,14-15H2,1H3,(H,24,27)(H,28,29). The average molecular weight is 405 g/mol. The number of carboxylic acids is 1. The van der Waals surface area contributed by atoms with Crippen LogP contribution in [0.1, 0.15) is 27.6 Å². The van der Waals surface area contributed by atoms with Gasteiger partial charge in [-0.05, 0) is 55.5 Å². The number of nitrogens with one attached hydrogen (secondary N) is 1. The highest BCUT2D eigenvalue weighted by Gasteiger charge is 2.31. The molecule has 1 aliphatic rings. The third-order valence-electron chi connectivity index (χ3n) is 5.05. The Balaban J connectivity index is 1.45. The Morgan fingerprint density at radius 1 is 1.07 bits per heavy atom. The topological polar surface area (TPSA) is 83.8 Å². The number of hydrogen-bond acceptors (Lipinski definition) is 4. The highest BCUT2D eigenvalue weighted by molar-refractivity contribution is 5.95. The Hall–Kier alpha value is -3.74. The van der Waals surface area contributed by atoms with Gasteiger partial charge in [0.25, 0.3) is 5.91 Å². The van der Waals surface area contributed by atoms with Gasteiger partial charge in [-0.15, -0.1) is 0 Å². The second-order valence-corrected chi connectivity index (χ2v) is 7.10. The zero-order chi connectivity index (χ0) is 21.1. The lowest BCUT2D eigenvalue weighted by atomic mass is 10.1. The molecule has 154 valence electrons. The minimum atomic E-state index is -0.957. The molecule has 3 aromatic rings. The van der Waals surface area contributed by atoms with E-state index < -0.39 is 5.97 Å². The molecule has 7 nitrogen and oxygen atoms in total. The number of benzene rings is 2. The number of aromatic nitrogens is 1. The van der Waals surface area contributed by atoms with Gasteiger partial charge in [-0.2, -0.15) is 0 Å². The molecule has 4 rings (SSSR count). The monoisotopic (exact) mass is 405 g/mol. The van der Waals surface area contributed by atoms with Gasteiger partial charge < -0.3 is 24.6 Å². The van der Waals surface area contributed by atoms with Gasteiger partial charge in [0, 0.05) is 24.5 Å². The van der Waals surface area contributed by atoms with Crippen LogP contribution < -0.4 is 15.0 Å². The maximum atomic E-state index is 11.8. The summed E-state index contributed by atoms with van der Waals surface area (Å²) in [5.41, 5.74) is 2.37. The molecule has 0 unspecified atom stereocenters. The van der Waals surface area contributed by atoms with Crippen molar-refractivity contribution in [2.75, 3.05) is 24.5 Å². The number of rotatable bonds is 7. The number of ether oxygens (including phenoxy) is 1. The molecule has 0 bridgehead atoms. The third-order valence-corrected chi connectivity index (χ3v) is 5.05. The van der Waals surface area contributed by atoms with E-state index in [0.29, 0.717) is 36.6 Å². The quantitative estimate of drug-likeness (QED) is 0.631. The Kier molecular flexibility index (Phi) is 5.43. The van der Waals surface area contributed by atoms with Gasteiger partial charge >= 0.3 is 5.97 Å². The molecule has 0 saturated carbocycles. The van der Waals surface area contributed by atoms with E-state index in [1.807, 2.05) is 42.1 Å². The first kappa shape index (κ1) is 19.6. The number of amides is 1. The van der Waals surface area contributed by atoms with Gasteiger partial charge in [-0.3, -0.25) is 4.79 Å². The minimum Gasteiger partial charge on any atom is -0.487 e. The summed E-state index contributed by atoms with van der Waals surface area (Å²) in [6, 6.07) is 16.1. The number of para-hydroxylation sites is 1. The Bertz CT molecular complexity index is 1040. The normalized spacial score (nSPS) is 13.6. The van der Waals surface area contributed by atoms with Gasteiger partial charge in [0.15, 0.2) is 0 Å². The molecule has 7 heteroatoms. The molecule has 1 amide bonds. The molecule has 1 aromatic heterocycles. The lowest BCUT2D eigenvalue weighted by Gasteiger charge is -2.41. The Morgan fingerprint density at radius 2 is 1.77 bits per heavy atom. The number of carbonyl (C=O) groups is 2. The van der Waals surface area contributed by atoms with Crippen LogP contribution in [-0.4, -0.2) is 47.3 Å². The molecule has 1 fully saturated rings. The molecule has 0 radical (unpaired) electrons. The van der Waals surface area contributed by atoms with Crippen LogP contribution in [0.4, 0.5) is 5.69 Å². The van der Waals surface area contributed by atoms with Crippen molar-refractivity contribution >= 4 is 17.6 Å². The molecular formula is C23H23N3O4. The Labute approximate surface area is 174 Å². The summed E-state index contributed by atoms with van der Waals surface area (Å²) in [5, 5.41) is 12.4. The van der Waals surface area contributed by atoms with Crippen molar-refractivity contribution in [3.63, 3.8) is 0 Å². The fourth-order valence-corrected chi connectivity index (χ4v) is 3.56. The molecule has 30 heavy (non-hydrogen) atoms. The highest BCUT2D eigenvalue weighted by Crippen LogP contribution is 2.32. The van der Waals surface area contributed by atoms with Crippen LogP contribution >= 0.6 is 0 Å². The van der Waals surface area contributed by atoms with E-state index in [-0.39, 0.29) is 17.6 Å². The third kappa shape index (κ3) is 3.87. The second-order valence-electron chi connectivity index (χ2n) is 7.10. The number of carboxylic acid groups (broad SMARTS) is 1. The summed E-state index contributed by atoms with van der Waals surface area (Å²) in [4.78, 5) is 25.7. The molecule has 2 heterocycles. The van der Waals surface area contributed by atoms with Gasteiger partial charge in [0.2, 0.25) is 0 Å². The van der Waals surface area contributed by atoms with E-state index in [2.05, 4.69) is 10.2 Å². The average Bonchev–Trinajstić information content (AvgIpc) is 3.25. The van der Waals surface area contributed by atoms with E-state index in [1.54, 1.807) is 36.4 Å². The number of hydrogen-bond donors (Lipinski definition) is 2. The molecule has 1 saturated heterocycles. The van der Waals surface area contributed by atoms with Crippen LogP contribution in [0, 0.1) is 0 Å². The van der Waals surface area contributed by atoms with E-state index >= 15 is 0 Å². The molecule has 0 atom stereocenters. The lowest BCUT2D eigenvalue weighted by Crippen LogP contribution is -2.54. The zero-order valence-electron chi connectivity index (χ0n) is 16.6. The van der Waals surface area contributed by atoms with Crippen LogP contribution in [0.5, 0.6) is 5.75 Å². The van der Waals surface area contributed by atoms with Crippen LogP contribution in [0.15, 0.2) is 67.0 Å². The van der Waals surface area contributed by atoms with Crippen molar-refractivity contribution in [2.45, 2.75) is 13.0 Å². The van der Waals surface area contributed by atoms with E-state index in [4.69, 9.17) is 4.74 Å². The summed E-state index contributed by atoms with van der Waals surface area (Å²) >= 11 is 0. The number of anilines is 1. The second kappa shape index (κ2) is 8.32. The summed E-state index contributed by atoms with van der Waals surface area (Å²) < 4.78 is 7.83. The molecule has 1 aliphatic heterocycles. The SMILES string of the molecule is CCNC(=O)c1ccc(OC2CN(c3cccc(C(=O)O)c3-n3cccc3)C2)cc1. The zero-order valence-corrected chi connectivity index (χ0v) is 16.6. The number of carbonyl (C=O) groups excluding carboxylic acids is 1. The minimum absolute atomic E-state index is 0.00804. The van der Waals surface area contributed by atoms with Crippen molar-refractivity contribution in [2.24, 2.45) is 0 Å². The van der Waals surface area contributed by atoms with Crippen molar-refractivity contribution in [3.8, 4) is 11.4 Å². The molecule has 0 aliphatic carbocycles. The van der Waals surface area contributed by atoms with Crippen LogP contribution in [0.2, 0.25) is 0 Å². The van der Waals surface area contributed by atoms with Crippen LogP contribution in [-0.2, 0) is 0 Å². The fourth-order valence-electron chi connectivity index (χ4n) is 3.56. The van der Waals surface area contributed by atoms with Crippen molar-refractivity contribution in [1.29, 1.82) is 0 Å². The predicted molar refractivity (Wildman–Crippen MR) is 114 cm³/mol. The molecule has 0 spiro atoms. The highest BCUT2D eigenvalue weighted by atomic mass is 16.5. The maximum Gasteiger partial charge on any atom is 0.337 e. The van der Waals surface area contributed by atoms with E-state index in [1.165, 1.54) is 0 Å². The largest absolute Gasteiger partial charge is 0.487 e. The first-order chi connectivity index (χ1) is 14.6. The summed E-state index contributed by atoms with van der Waals surface area (Å²) in [6.07, 6.45) is 3.68. The van der Waals surface area contributed by atoms with Crippen molar-refractivity contribution in [3.05, 3.63) is 78.1 Å². The molecule has 2 aromatic carbocycles. The summed E-state index contributed by atoms with van der Waals surface area (Å²) in [5.74, 6) is -0.353. The lowest BCUT2D eigenvalue weighted by molar-refractivity contribution is 0.0696.